The zero-order valence-corrected chi connectivity index (χ0v) is 10.7. The average Bonchev–Trinajstić information content (AvgIpc) is 2.88. The number of aromatic nitrogens is 3. The van der Waals surface area contributed by atoms with Crippen LogP contribution in [0.1, 0.15) is 30.6 Å². The maximum absolute atomic E-state index is 13.3. The van der Waals surface area contributed by atoms with Gasteiger partial charge in [-0.15, -0.1) is 0 Å². The second-order valence-electron chi connectivity index (χ2n) is 3.95. The second-order valence-corrected chi connectivity index (χ2v) is 4.36. The van der Waals surface area contributed by atoms with Crippen molar-refractivity contribution >= 4 is 11.6 Å². The van der Waals surface area contributed by atoms with E-state index in [0.29, 0.717) is 16.3 Å². The third-order valence-electron chi connectivity index (χ3n) is 2.60. The van der Waals surface area contributed by atoms with Crippen LogP contribution in [-0.4, -0.2) is 22.0 Å². The Balaban J connectivity index is 2.36. The molecule has 96 valence electrons. The Labute approximate surface area is 110 Å². The van der Waals surface area contributed by atoms with Gasteiger partial charge in [0.05, 0.1) is 12.2 Å². The van der Waals surface area contributed by atoms with E-state index in [1.807, 2.05) is 0 Å². The van der Waals surface area contributed by atoms with Crippen LogP contribution in [0.3, 0.4) is 0 Å². The molecule has 2 rings (SSSR count). The molecule has 0 saturated carbocycles. The highest BCUT2D eigenvalue weighted by molar-refractivity contribution is 6.31. The van der Waals surface area contributed by atoms with E-state index in [1.54, 1.807) is 12.3 Å². The van der Waals surface area contributed by atoms with Crippen molar-refractivity contribution in [1.82, 2.24) is 20.7 Å². The maximum atomic E-state index is 13.3. The molecule has 0 amide bonds. The van der Waals surface area contributed by atoms with Crippen LogP contribution in [-0.2, 0) is 0 Å². The summed E-state index contributed by atoms with van der Waals surface area (Å²) >= 11 is 6.12. The van der Waals surface area contributed by atoms with Gasteiger partial charge in [-0.2, -0.15) is 15.4 Å². The van der Waals surface area contributed by atoms with Gasteiger partial charge in [-0.25, -0.2) is 4.39 Å². The molecule has 18 heavy (non-hydrogen) atoms. The minimum atomic E-state index is -0.318. The van der Waals surface area contributed by atoms with Crippen LogP contribution >= 0.6 is 11.6 Å². The van der Waals surface area contributed by atoms with Crippen molar-refractivity contribution in [3.05, 3.63) is 46.5 Å². The Morgan fingerprint density at radius 3 is 3.00 bits per heavy atom. The van der Waals surface area contributed by atoms with Crippen LogP contribution in [0.2, 0.25) is 5.02 Å². The molecule has 6 heteroatoms. The van der Waals surface area contributed by atoms with Crippen molar-refractivity contribution in [1.29, 1.82) is 0 Å². The Morgan fingerprint density at radius 2 is 2.33 bits per heavy atom. The minimum Gasteiger partial charge on any atom is -0.305 e. The number of halogens is 2. The van der Waals surface area contributed by atoms with Gasteiger partial charge in [-0.05, 0) is 36.7 Å². The topological polar surface area (TPSA) is 53.6 Å². The molecule has 1 aromatic heterocycles. The minimum absolute atomic E-state index is 0.258. The van der Waals surface area contributed by atoms with Gasteiger partial charge >= 0.3 is 0 Å². The number of nitrogens with zero attached hydrogens (tertiary/aromatic N) is 2. The van der Waals surface area contributed by atoms with E-state index < -0.39 is 0 Å². The van der Waals surface area contributed by atoms with Gasteiger partial charge in [-0.3, -0.25) is 0 Å². The quantitative estimate of drug-likeness (QED) is 0.877. The molecule has 1 atom stereocenters. The third-order valence-corrected chi connectivity index (χ3v) is 2.94. The van der Waals surface area contributed by atoms with E-state index in [1.165, 1.54) is 12.1 Å². The number of aromatic amines is 1. The Morgan fingerprint density at radius 1 is 1.50 bits per heavy atom. The summed E-state index contributed by atoms with van der Waals surface area (Å²) in [5.41, 5.74) is 1.36. The predicted octanol–water partition coefficient (Wildman–Crippen LogP) is 2.69. The van der Waals surface area contributed by atoms with Crippen molar-refractivity contribution < 1.29 is 4.39 Å². The molecule has 2 aromatic rings. The van der Waals surface area contributed by atoms with Gasteiger partial charge in [0.15, 0.2) is 0 Å². The standard InChI is InChI=1S/C12H14ClFN4/c1-2-5-15-12(11-7-16-18-17-11)9-6-8(14)3-4-10(9)13/h3-4,6-7,12,15H,2,5H2,1H3,(H,16,17,18). The van der Waals surface area contributed by atoms with Gasteiger partial charge in [0.2, 0.25) is 0 Å². The average molecular weight is 269 g/mol. The zero-order chi connectivity index (χ0) is 13.0. The number of rotatable bonds is 5. The van der Waals surface area contributed by atoms with E-state index in [0.717, 1.165) is 13.0 Å². The van der Waals surface area contributed by atoms with Crippen LogP contribution in [0.25, 0.3) is 0 Å². The second kappa shape index (κ2) is 5.93. The van der Waals surface area contributed by atoms with Gasteiger partial charge in [0.25, 0.3) is 0 Å². The van der Waals surface area contributed by atoms with Crippen LogP contribution in [0.5, 0.6) is 0 Å². The van der Waals surface area contributed by atoms with Crippen LogP contribution in [0.4, 0.5) is 4.39 Å². The summed E-state index contributed by atoms with van der Waals surface area (Å²) in [5.74, 6) is -0.318. The summed E-state index contributed by atoms with van der Waals surface area (Å²) in [6.45, 7) is 2.84. The van der Waals surface area contributed by atoms with Crippen molar-refractivity contribution in [2.45, 2.75) is 19.4 Å². The molecular weight excluding hydrogens is 255 g/mol. The number of nitrogens with one attached hydrogen (secondary N) is 2. The van der Waals surface area contributed by atoms with Crippen molar-refractivity contribution in [3.63, 3.8) is 0 Å². The van der Waals surface area contributed by atoms with E-state index in [4.69, 9.17) is 11.6 Å². The first-order valence-electron chi connectivity index (χ1n) is 5.76. The predicted molar refractivity (Wildman–Crippen MR) is 67.9 cm³/mol. The summed E-state index contributed by atoms with van der Waals surface area (Å²) in [6, 6.07) is 4.05. The normalized spacial score (nSPS) is 12.6. The number of H-pyrrole nitrogens is 1. The molecule has 1 aromatic carbocycles. The van der Waals surface area contributed by atoms with Gasteiger partial charge < -0.3 is 5.32 Å². The largest absolute Gasteiger partial charge is 0.305 e. The summed E-state index contributed by atoms with van der Waals surface area (Å²) < 4.78 is 13.3. The molecule has 0 fully saturated rings. The first-order valence-corrected chi connectivity index (χ1v) is 6.14. The molecule has 2 N–H and O–H groups in total. The molecule has 0 aliphatic carbocycles. The third kappa shape index (κ3) is 2.86. The molecule has 0 radical (unpaired) electrons. The summed E-state index contributed by atoms with van der Waals surface area (Å²) in [7, 11) is 0. The van der Waals surface area contributed by atoms with Gasteiger partial charge in [-0.1, -0.05) is 18.5 Å². The number of hydrogen-bond donors (Lipinski definition) is 2. The fraction of sp³-hybridized carbons (Fsp3) is 0.333. The molecule has 4 nitrogen and oxygen atoms in total. The Kier molecular flexibility index (Phi) is 4.28. The molecule has 0 aliphatic rings. The van der Waals surface area contributed by atoms with Crippen LogP contribution in [0.15, 0.2) is 24.4 Å². The first kappa shape index (κ1) is 13.0. The highest BCUT2D eigenvalue weighted by Crippen LogP contribution is 2.27. The lowest BCUT2D eigenvalue weighted by Crippen LogP contribution is -2.24. The number of hydrogen-bond acceptors (Lipinski definition) is 3. The fourth-order valence-electron chi connectivity index (χ4n) is 1.75. The van der Waals surface area contributed by atoms with E-state index in [2.05, 4.69) is 27.7 Å². The van der Waals surface area contributed by atoms with Crippen molar-refractivity contribution in [3.8, 4) is 0 Å². The molecule has 1 unspecified atom stereocenters. The Bertz CT molecular complexity index is 501. The van der Waals surface area contributed by atoms with Gasteiger partial charge in [0, 0.05) is 5.02 Å². The lowest BCUT2D eigenvalue weighted by Gasteiger charge is -2.17. The smallest absolute Gasteiger partial charge is 0.123 e. The SMILES string of the molecule is CCCNC(c1cn[nH]n1)c1cc(F)ccc1Cl. The lowest BCUT2D eigenvalue weighted by molar-refractivity contribution is 0.575. The van der Waals surface area contributed by atoms with E-state index >= 15 is 0 Å². The summed E-state index contributed by atoms with van der Waals surface area (Å²) in [6.07, 6.45) is 2.57. The monoisotopic (exact) mass is 268 g/mol. The first-order chi connectivity index (χ1) is 8.72. The van der Waals surface area contributed by atoms with Gasteiger partial charge in [0.1, 0.15) is 11.5 Å². The molecule has 0 spiro atoms. The molecular formula is C12H14ClFN4. The summed E-state index contributed by atoms with van der Waals surface area (Å²) in [5, 5.41) is 14.2. The highest BCUT2D eigenvalue weighted by atomic mass is 35.5. The van der Waals surface area contributed by atoms with Crippen LogP contribution < -0.4 is 5.32 Å². The highest BCUT2D eigenvalue weighted by Gasteiger charge is 2.19. The molecule has 0 aliphatic heterocycles. The summed E-state index contributed by atoms with van der Waals surface area (Å²) in [4.78, 5) is 0. The molecule has 0 bridgehead atoms. The number of benzene rings is 1. The Hall–Kier alpha value is -1.46. The lowest BCUT2D eigenvalue weighted by atomic mass is 10.0. The molecule has 1 heterocycles. The van der Waals surface area contributed by atoms with Crippen LogP contribution in [0, 0.1) is 5.82 Å². The van der Waals surface area contributed by atoms with E-state index in [-0.39, 0.29) is 11.9 Å². The zero-order valence-electron chi connectivity index (χ0n) is 9.95. The van der Waals surface area contributed by atoms with Crippen molar-refractivity contribution in [2.24, 2.45) is 0 Å². The fourth-order valence-corrected chi connectivity index (χ4v) is 1.97. The maximum Gasteiger partial charge on any atom is 0.123 e. The van der Waals surface area contributed by atoms with E-state index in [9.17, 15) is 4.39 Å². The van der Waals surface area contributed by atoms with Crippen molar-refractivity contribution in [2.75, 3.05) is 6.54 Å². The molecule has 0 saturated heterocycles.